The number of hydrogen-bond donors (Lipinski definition) is 1. The van der Waals surface area contributed by atoms with Crippen molar-refractivity contribution in [1.29, 1.82) is 0 Å². The molecular weight excluding hydrogens is 371 g/mol. The quantitative estimate of drug-likeness (QED) is 0.775. The van der Waals surface area contributed by atoms with E-state index in [0.29, 0.717) is 5.69 Å². The standard InChI is InChI=1S/C20H20ClFN2O3/c21-18-12-14(22)4-9-17(18)20(26)27-13-19(25)23-15-5-7-16(8-6-15)24-10-2-1-3-11-24/h4-9,12H,1-3,10-11,13H2,(H,23,25). The van der Waals surface area contributed by atoms with Crippen molar-refractivity contribution in [2.24, 2.45) is 0 Å². The first-order valence-electron chi connectivity index (χ1n) is 8.80. The Kier molecular flexibility index (Phi) is 6.29. The Morgan fingerprint density at radius 1 is 1.07 bits per heavy atom. The van der Waals surface area contributed by atoms with Crippen molar-refractivity contribution in [3.8, 4) is 0 Å². The summed E-state index contributed by atoms with van der Waals surface area (Å²) < 4.78 is 17.9. The van der Waals surface area contributed by atoms with Gasteiger partial charge >= 0.3 is 5.97 Å². The minimum atomic E-state index is -0.782. The molecule has 1 N–H and O–H groups in total. The fourth-order valence-electron chi connectivity index (χ4n) is 2.97. The van der Waals surface area contributed by atoms with E-state index in [1.807, 2.05) is 24.3 Å². The molecule has 1 aliphatic heterocycles. The van der Waals surface area contributed by atoms with Gasteiger partial charge < -0.3 is 15.0 Å². The maximum atomic E-state index is 13.0. The third-order valence-corrected chi connectivity index (χ3v) is 4.67. The summed E-state index contributed by atoms with van der Waals surface area (Å²) in [7, 11) is 0. The number of anilines is 2. The topological polar surface area (TPSA) is 58.6 Å². The van der Waals surface area contributed by atoms with Gasteiger partial charge in [0.25, 0.3) is 5.91 Å². The molecule has 0 saturated carbocycles. The molecule has 1 aliphatic rings. The van der Waals surface area contributed by atoms with E-state index in [4.69, 9.17) is 16.3 Å². The molecular formula is C20H20ClFN2O3. The fraction of sp³-hybridized carbons (Fsp3) is 0.300. The van der Waals surface area contributed by atoms with Crippen molar-refractivity contribution in [1.82, 2.24) is 0 Å². The molecule has 1 saturated heterocycles. The molecule has 2 aromatic rings. The zero-order valence-electron chi connectivity index (χ0n) is 14.7. The highest BCUT2D eigenvalue weighted by molar-refractivity contribution is 6.33. The molecule has 0 aliphatic carbocycles. The second-order valence-electron chi connectivity index (χ2n) is 6.34. The molecule has 1 fully saturated rings. The summed E-state index contributed by atoms with van der Waals surface area (Å²) in [5.74, 6) is -1.80. The number of benzene rings is 2. The predicted octanol–water partition coefficient (Wildman–Crippen LogP) is 4.26. The SMILES string of the molecule is O=C(COC(=O)c1ccc(F)cc1Cl)Nc1ccc(N2CCCCC2)cc1. The monoisotopic (exact) mass is 390 g/mol. The average molecular weight is 391 g/mol. The van der Waals surface area contributed by atoms with Gasteiger partial charge in [0.2, 0.25) is 0 Å². The summed E-state index contributed by atoms with van der Waals surface area (Å²) in [6.07, 6.45) is 3.66. The molecule has 1 amide bonds. The molecule has 0 bridgehead atoms. The highest BCUT2D eigenvalue weighted by atomic mass is 35.5. The van der Waals surface area contributed by atoms with Crippen LogP contribution in [-0.2, 0) is 9.53 Å². The molecule has 2 aromatic carbocycles. The van der Waals surface area contributed by atoms with Crippen LogP contribution in [0.15, 0.2) is 42.5 Å². The molecule has 7 heteroatoms. The summed E-state index contributed by atoms with van der Waals surface area (Å²) in [6.45, 7) is 1.64. The Balaban J connectivity index is 1.50. The Labute approximate surface area is 162 Å². The van der Waals surface area contributed by atoms with Gasteiger partial charge in [-0.25, -0.2) is 9.18 Å². The lowest BCUT2D eigenvalue weighted by molar-refractivity contribution is -0.119. The van der Waals surface area contributed by atoms with Crippen LogP contribution in [0.4, 0.5) is 15.8 Å². The molecule has 0 atom stereocenters. The van der Waals surface area contributed by atoms with Crippen molar-refractivity contribution in [3.63, 3.8) is 0 Å². The van der Waals surface area contributed by atoms with Gasteiger partial charge in [0.15, 0.2) is 6.61 Å². The van der Waals surface area contributed by atoms with Crippen molar-refractivity contribution in [3.05, 3.63) is 58.9 Å². The highest BCUT2D eigenvalue weighted by Crippen LogP contribution is 2.22. The summed E-state index contributed by atoms with van der Waals surface area (Å²) in [6, 6.07) is 10.9. The Bertz CT molecular complexity index is 820. The van der Waals surface area contributed by atoms with Gasteiger partial charge in [0.1, 0.15) is 5.82 Å². The van der Waals surface area contributed by atoms with E-state index < -0.39 is 24.3 Å². The summed E-state index contributed by atoms with van der Waals surface area (Å²) in [5.41, 5.74) is 1.76. The first-order valence-corrected chi connectivity index (χ1v) is 9.18. The second kappa shape index (κ2) is 8.86. The number of halogens is 2. The van der Waals surface area contributed by atoms with E-state index in [-0.39, 0.29) is 10.6 Å². The lowest BCUT2D eigenvalue weighted by Gasteiger charge is -2.28. The number of nitrogens with one attached hydrogen (secondary N) is 1. The largest absolute Gasteiger partial charge is 0.452 e. The first kappa shape index (κ1) is 19.2. The number of carbonyl (C=O) groups is 2. The number of carbonyl (C=O) groups excluding carboxylic acids is 2. The molecule has 0 aromatic heterocycles. The molecule has 0 radical (unpaired) electrons. The molecule has 27 heavy (non-hydrogen) atoms. The zero-order valence-corrected chi connectivity index (χ0v) is 15.5. The van der Waals surface area contributed by atoms with E-state index in [9.17, 15) is 14.0 Å². The third kappa shape index (κ3) is 5.20. The Hall–Kier alpha value is -2.60. The molecule has 5 nitrogen and oxygen atoms in total. The van der Waals surface area contributed by atoms with Gasteiger partial charge in [0, 0.05) is 24.5 Å². The maximum Gasteiger partial charge on any atom is 0.340 e. The summed E-state index contributed by atoms with van der Waals surface area (Å²) in [4.78, 5) is 26.2. The Morgan fingerprint density at radius 3 is 2.44 bits per heavy atom. The Morgan fingerprint density at radius 2 is 1.78 bits per heavy atom. The van der Waals surface area contributed by atoms with Crippen LogP contribution >= 0.6 is 11.6 Å². The van der Waals surface area contributed by atoms with Crippen LogP contribution in [0, 0.1) is 5.82 Å². The van der Waals surface area contributed by atoms with Crippen LogP contribution < -0.4 is 10.2 Å². The molecule has 0 unspecified atom stereocenters. The summed E-state index contributed by atoms with van der Waals surface area (Å²) in [5, 5.41) is 2.61. The zero-order chi connectivity index (χ0) is 19.2. The number of piperidine rings is 1. The van der Waals surface area contributed by atoms with Crippen molar-refractivity contribution in [2.45, 2.75) is 19.3 Å². The van der Waals surface area contributed by atoms with Crippen LogP contribution in [-0.4, -0.2) is 31.6 Å². The number of nitrogens with zero attached hydrogens (tertiary/aromatic N) is 1. The molecule has 3 rings (SSSR count). The maximum absolute atomic E-state index is 13.0. The normalized spacial score (nSPS) is 13.9. The van der Waals surface area contributed by atoms with Gasteiger partial charge in [-0.05, 0) is 61.7 Å². The van der Waals surface area contributed by atoms with E-state index >= 15 is 0 Å². The van der Waals surface area contributed by atoms with Crippen LogP contribution in [0.25, 0.3) is 0 Å². The van der Waals surface area contributed by atoms with Crippen LogP contribution in [0.5, 0.6) is 0 Å². The second-order valence-corrected chi connectivity index (χ2v) is 6.75. The van der Waals surface area contributed by atoms with Crippen molar-refractivity contribution >= 4 is 34.9 Å². The first-order chi connectivity index (χ1) is 13.0. The number of rotatable bonds is 5. The number of hydrogen-bond acceptors (Lipinski definition) is 4. The number of esters is 1. The van der Waals surface area contributed by atoms with Gasteiger partial charge in [-0.1, -0.05) is 11.6 Å². The highest BCUT2D eigenvalue weighted by Gasteiger charge is 2.15. The van der Waals surface area contributed by atoms with Crippen molar-refractivity contribution < 1.29 is 18.7 Å². The van der Waals surface area contributed by atoms with E-state index in [1.165, 1.54) is 25.3 Å². The van der Waals surface area contributed by atoms with Crippen LogP contribution in [0.3, 0.4) is 0 Å². The lowest BCUT2D eigenvalue weighted by Crippen LogP contribution is -2.29. The fourth-order valence-corrected chi connectivity index (χ4v) is 3.21. The van der Waals surface area contributed by atoms with Crippen LogP contribution in [0.1, 0.15) is 29.6 Å². The average Bonchev–Trinajstić information content (AvgIpc) is 2.67. The minimum Gasteiger partial charge on any atom is -0.452 e. The smallest absolute Gasteiger partial charge is 0.340 e. The lowest BCUT2D eigenvalue weighted by atomic mass is 10.1. The van der Waals surface area contributed by atoms with E-state index in [2.05, 4.69) is 10.2 Å². The van der Waals surface area contributed by atoms with Crippen LogP contribution in [0.2, 0.25) is 5.02 Å². The van der Waals surface area contributed by atoms with Gasteiger partial charge in [-0.2, -0.15) is 0 Å². The van der Waals surface area contributed by atoms with Gasteiger partial charge in [-0.15, -0.1) is 0 Å². The van der Waals surface area contributed by atoms with Gasteiger partial charge in [0.05, 0.1) is 10.6 Å². The minimum absolute atomic E-state index is 0.0109. The van der Waals surface area contributed by atoms with E-state index in [1.54, 1.807) is 0 Å². The van der Waals surface area contributed by atoms with Gasteiger partial charge in [-0.3, -0.25) is 4.79 Å². The number of amides is 1. The molecule has 0 spiro atoms. The number of ether oxygens (including phenoxy) is 1. The predicted molar refractivity (Wildman–Crippen MR) is 103 cm³/mol. The van der Waals surface area contributed by atoms with E-state index in [0.717, 1.165) is 30.9 Å². The summed E-state index contributed by atoms with van der Waals surface area (Å²) >= 11 is 5.80. The third-order valence-electron chi connectivity index (χ3n) is 4.36. The van der Waals surface area contributed by atoms with Crippen molar-refractivity contribution in [2.75, 3.05) is 29.9 Å². The molecule has 1 heterocycles. The molecule has 142 valence electrons.